The van der Waals surface area contributed by atoms with Crippen LogP contribution >= 0.6 is 0 Å². The van der Waals surface area contributed by atoms with E-state index in [4.69, 9.17) is 0 Å². The van der Waals surface area contributed by atoms with Gasteiger partial charge < -0.3 is 4.90 Å². The third-order valence-electron chi connectivity index (χ3n) is 13.3. The summed E-state index contributed by atoms with van der Waals surface area (Å²) < 4.78 is 0. The number of rotatable bonds is 4. The van der Waals surface area contributed by atoms with Gasteiger partial charge in [0.1, 0.15) is 0 Å². The zero-order valence-electron chi connectivity index (χ0n) is 29.4. The van der Waals surface area contributed by atoms with E-state index in [9.17, 15) is 0 Å². The topological polar surface area (TPSA) is 3.24 Å². The Morgan fingerprint density at radius 1 is 0.510 bits per heavy atom. The zero-order valence-corrected chi connectivity index (χ0v) is 29.4. The minimum Gasteiger partial charge on any atom is -0.309 e. The third kappa shape index (κ3) is 3.93. The lowest BCUT2D eigenvalue weighted by Crippen LogP contribution is -2.31. The Morgan fingerprint density at radius 3 is 2.00 bits per heavy atom. The Hall–Kier alpha value is -5.40. The molecule has 2 fully saturated rings. The van der Waals surface area contributed by atoms with Crippen molar-refractivity contribution in [3.05, 3.63) is 174 Å². The summed E-state index contributed by atoms with van der Waals surface area (Å²) in [5.74, 6) is 1.56. The molecular formula is C50H41N. The van der Waals surface area contributed by atoms with E-state index in [0.29, 0.717) is 0 Å². The lowest BCUT2D eigenvalue weighted by Gasteiger charge is -2.37. The molecule has 0 aromatic heterocycles. The Bertz CT molecular complexity index is 2540. The Kier molecular flexibility index (Phi) is 6.08. The fourth-order valence-electron chi connectivity index (χ4n) is 11.2. The molecule has 0 aliphatic heterocycles. The van der Waals surface area contributed by atoms with Crippen molar-refractivity contribution in [2.45, 2.75) is 50.4 Å². The Morgan fingerprint density at radius 2 is 1.20 bits per heavy atom. The summed E-state index contributed by atoms with van der Waals surface area (Å²) in [7, 11) is 0. The van der Waals surface area contributed by atoms with E-state index in [1.54, 1.807) is 11.1 Å². The number of nitrogens with zero attached hydrogens (tertiary/aromatic N) is 1. The average molecular weight is 656 g/mol. The molecule has 0 saturated heterocycles. The first-order chi connectivity index (χ1) is 25.0. The van der Waals surface area contributed by atoms with Crippen LogP contribution in [-0.2, 0) is 10.8 Å². The van der Waals surface area contributed by atoms with Crippen molar-refractivity contribution in [2.24, 2.45) is 11.8 Å². The first-order valence-corrected chi connectivity index (χ1v) is 18.9. The molecule has 2 saturated carbocycles. The van der Waals surface area contributed by atoms with Gasteiger partial charge in [0.15, 0.2) is 0 Å². The molecule has 0 radical (unpaired) electrons. The van der Waals surface area contributed by atoms with Gasteiger partial charge in [-0.3, -0.25) is 0 Å². The Balaban J connectivity index is 1.20. The Labute approximate surface area is 301 Å². The van der Waals surface area contributed by atoms with E-state index in [0.717, 1.165) is 11.8 Å². The van der Waals surface area contributed by atoms with Gasteiger partial charge in [0, 0.05) is 27.5 Å². The number of anilines is 3. The summed E-state index contributed by atoms with van der Waals surface area (Å²) in [5, 5.41) is 2.54. The summed E-state index contributed by atoms with van der Waals surface area (Å²) in [6, 6.07) is 57.5. The lowest BCUT2D eigenvalue weighted by atomic mass is 9.67. The van der Waals surface area contributed by atoms with Crippen molar-refractivity contribution in [3.63, 3.8) is 0 Å². The van der Waals surface area contributed by atoms with Crippen LogP contribution in [0.25, 0.3) is 44.2 Å². The number of benzene rings is 7. The molecule has 0 N–H and O–H groups in total. The molecule has 3 atom stereocenters. The largest absolute Gasteiger partial charge is 0.309 e. The third-order valence-corrected chi connectivity index (χ3v) is 13.3. The minimum absolute atomic E-state index is 0.0920. The molecule has 246 valence electrons. The summed E-state index contributed by atoms with van der Waals surface area (Å²) in [5.41, 5.74) is 17.8. The number of fused-ring (bicyclic) bond motifs is 12. The van der Waals surface area contributed by atoms with Gasteiger partial charge in [-0.05, 0) is 111 Å². The van der Waals surface area contributed by atoms with Gasteiger partial charge in [0.25, 0.3) is 0 Å². The minimum atomic E-state index is -0.0920. The van der Waals surface area contributed by atoms with Gasteiger partial charge in [-0.1, -0.05) is 148 Å². The van der Waals surface area contributed by atoms with E-state index < -0.39 is 0 Å². The van der Waals surface area contributed by atoms with Gasteiger partial charge in [-0.15, -0.1) is 0 Å². The molecule has 51 heavy (non-hydrogen) atoms. The molecule has 2 bridgehead atoms. The molecule has 1 heteroatoms. The second-order valence-corrected chi connectivity index (χ2v) is 16.1. The number of hydrogen-bond donors (Lipinski definition) is 0. The van der Waals surface area contributed by atoms with E-state index in [1.165, 1.54) is 98.0 Å². The summed E-state index contributed by atoms with van der Waals surface area (Å²) in [6.07, 6.45) is 5.39. The van der Waals surface area contributed by atoms with Crippen LogP contribution in [0.3, 0.4) is 0 Å². The van der Waals surface area contributed by atoms with E-state index >= 15 is 0 Å². The normalized spacial score (nSPS) is 21.5. The first-order valence-electron chi connectivity index (χ1n) is 18.9. The summed E-state index contributed by atoms with van der Waals surface area (Å²) in [4.78, 5) is 2.61. The van der Waals surface area contributed by atoms with Crippen molar-refractivity contribution < 1.29 is 0 Å². The SMILES string of the molecule is CC1(C)c2ccccc2-c2ccc(N(c3cccc4c3-c3ccccc3C43CC4CCC3C4)c3ccc(-c4ccccc4)c4ccccc34)cc21. The van der Waals surface area contributed by atoms with E-state index in [1.807, 2.05) is 0 Å². The predicted octanol–water partition coefficient (Wildman–Crippen LogP) is 13.4. The maximum atomic E-state index is 2.61. The second-order valence-electron chi connectivity index (χ2n) is 16.1. The van der Waals surface area contributed by atoms with Crippen molar-refractivity contribution in [2.75, 3.05) is 4.90 Å². The highest BCUT2D eigenvalue weighted by Gasteiger charge is 2.57. The van der Waals surface area contributed by atoms with Gasteiger partial charge in [0.2, 0.25) is 0 Å². The van der Waals surface area contributed by atoms with Crippen LogP contribution in [0, 0.1) is 11.8 Å². The maximum absolute atomic E-state index is 2.61. The molecule has 0 amide bonds. The molecule has 0 heterocycles. The zero-order chi connectivity index (χ0) is 33.9. The summed E-state index contributed by atoms with van der Waals surface area (Å²) in [6.45, 7) is 4.79. The highest BCUT2D eigenvalue weighted by molar-refractivity contribution is 6.08. The van der Waals surface area contributed by atoms with Crippen molar-refractivity contribution in [1.29, 1.82) is 0 Å². The smallest absolute Gasteiger partial charge is 0.0543 e. The molecule has 7 aromatic carbocycles. The fourth-order valence-corrected chi connectivity index (χ4v) is 11.2. The predicted molar refractivity (Wildman–Crippen MR) is 213 cm³/mol. The standard InChI is InChI=1S/C50H41N/c1-49(2)42-19-10-8-16-38(42)39-26-25-35(30-45(39)49)51(46-28-27-36(33-13-4-3-5-14-33)37-15-6-7-17-40(37)46)47-22-12-21-44-48(47)41-18-9-11-20-43(41)50(44)31-32-23-24-34(50)29-32/h3-22,25-28,30,32,34H,23-24,29,31H2,1-2H3. The fraction of sp³-hybridized carbons (Fsp3) is 0.200. The van der Waals surface area contributed by atoms with Crippen LogP contribution in [-0.4, -0.2) is 0 Å². The molecule has 1 spiro atoms. The molecule has 11 rings (SSSR count). The van der Waals surface area contributed by atoms with Crippen LogP contribution in [0.1, 0.15) is 61.8 Å². The van der Waals surface area contributed by atoms with Crippen LogP contribution in [0.4, 0.5) is 17.1 Å². The second kappa shape index (κ2) is 10.6. The van der Waals surface area contributed by atoms with Gasteiger partial charge in [-0.25, -0.2) is 0 Å². The van der Waals surface area contributed by atoms with Gasteiger partial charge in [-0.2, -0.15) is 0 Å². The molecular weight excluding hydrogens is 615 g/mol. The van der Waals surface area contributed by atoms with Crippen molar-refractivity contribution in [1.82, 2.24) is 0 Å². The highest BCUT2D eigenvalue weighted by atomic mass is 15.1. The monoisotopic (exact) mass is 655 g/mol. The molecule has 7 aromatic rings. The molecule has 4 aliphatic carbocycles. The van der Waals surface area contributed by atoms with Crippen LogP contribution in [0.2, 0.25) is 0 Å². The van der Waals surface area contributed by atoms with Gasteiger partial charge >= 0.3 is 0 Å². The van der Waals surface area contributed by atoms with Crippen molar-refractivity contribution >= 4 is 27.8 Å². The lowest BCUT2D eigenvalue weighted by molar-refractivity contribution is 0.327. The van der Waals surface area contributed by atoms with Crippen LogP contribution in [0.5, 0.6) is 0 Å². The van der Waals surface area contributed by atoms with Crippen LogP contribution < -0.4 is 4.90 Å². The number of hydrogen-bond acceptors (Lipinski definition) is 1. The first kappa shape index (κ1) is 29.3. The molecule has 3 unspecified atom stereocenters. The van der Waals surface area contributed by atoms with E-state index in [2.05, 4.69) is 170 Å². The van der Waals surface area contributed by atoms with Gasteiger partial charge in [0.05, 0.1) is 11.4 Å². The summed E-state index contributed by atoms with van der Waals surface area (Å²) >= 11 is 0. The van der Waals surface area contributed by atoms with E-state index in [-0.39, 0.29) is 10.8 Å². The highest BCUT2D eigenvalue weighted by Crippen LogP contribution is 2.67. The quantitative estimate of drug-likeness (QED) is 0.182. The maximum Gasteiger partial charge on any atom is 0.0543 e. The van der Waals surface area contributed by atoms with Crippen molar-refractivity contribution in [3.8, 4) is 33.4 Å². The molecule has 4 aliphatic rings. The van der Waals surface area contributed by atoms with Crippen LogP contribution in [0.15, 0.2) is 152 Å². The average Bonchev–Trinajstić information content (AvgIpc) is 3.93. The molecule has 1 nitrogen and oxygen atoms in total.